The third-order valence-electron chi connectivity index (χ3n) is 6.37. The Balaban J connectivity index is 1.62. The van der Waals surface area contributed by atoms with Crippen molar-refractivity contribution in [1.82, 2.24) is 4.90 Å². The SMILES string of the molecule is CCOC(=O)C1CC=CCC1N(Cc1ccc(F)cc1)C(=O)CC1=NS(=O)(=O)c2cc(NS(C)(=O)=O)ccc2N1. The number of anilines is 2. The van der Waals surface area contributed by atoms with Crippen LogP contribution in [0.1, 0.15) is 31.7 Å². The molecule has 4 rings (SSSR count). The number of allylic oxidation sites excluding steroid dienone is 1. The molecule has 2 unspecified atom stereocenters. The van der Waals surface area contributed by atoms with Crippen molar-refractivity contribution < 1.29 is 35.6 Å². The van der Waals surface area contributed by atoms with E-state index in [2.05, 4.69) is 14.4 Å². The van der Waals surface area contributed by atoms with Gasteiger partial charge in [0.1, 0.15) is 16.5 Å². The van der Waals surface area contributed by atoms with E-state index < -0.39 is 56.1 Å². The van der Waals surface area contributed by atoms with Crippen molar-refractivity contribution in [3.05, 3.63) is 66.0 Å². The molecule has 1 amide bonds. The lowest BCUT2D eigenvalue weighted by Gasteiger charge is -2.37. The zero-order valence-corrected chi connectivity index (χ0v) is 23.5. The highest BCUT2D eigenvalue weighted by atomic mass is 32.2. The van der Waals surface area contributed by atoms with Gasteiger partial charge in [-0.25, -0.2) is 12.8 Å². The van der Waals surface area contributed by atoms with Crippen molar-refractivity contribution >= 4 is 49.1 Å². The molecule has 0 aromatic heterocycles. The lowest BCUT2D eigenvalue weighted by molar-refractivity contribution is -0.152. The number of halogens is 1. The number of amides is 1. The van der Waals surface area contributed by atoms with Crippen molar-refractivity contribution in [2.75, 3.05) is 22.9 Å². The molecule has 2 aromatic rings. The number of rotatable bonds is 9. The lowest BCUT2D eigenvalue weighted by Crippen LogP contribution is -2.48. The minimum absolute atomic E-state index is 0.0437. The number of hydrogen-bond acceptors (Lipinski definition) is 8. The number of amidine groups is 1. The number of carbonyl (C=O) groups excluding carboxylic acids is 2. The second-order valence-corrected chi connectivity index (χ2v) is 12.7. The van der Waals surface area contributed by atoms with Gasteiger partial charge in [-0.3, -0.25) is 14.3 Å². The maximum atomic E-state index is 13.7. The molecule has 2 atom stereocenters. The fraction of sp³-hybridized carbons (Fsp3) is 0.346. The molecular formula is C26H29FN4O7S2. The van der Waals surface area contributed by atoms with E-state index in [1.807, 2.05) is 12.2 Å². The smallest absolute Gasteiger partial charge is 0.311 e. The van der Waals surface area contributed by atoms with Crippen LogP contribution in [0.25, 0.3) is 0 Å². The number of fused-ring (bicyclic) bond motifs is 1. The molecule has 0 saturated heterocycles. The van der Waals surface area contributed by atoms with Crippen LogP contribution in [-0.2, 0) is 40.9 Å². The van der Waals surface area contributed by atoms with Gasteiger partial charge in [0.05, 0.1) is 30.9 Å². The van der Waals surface area contributed by atoms with Crippen LogP contribution >= 0.6 is 0 Å². The number of benzene rings is 2. The highest BCUT2D eigenvalue weighted by Crippen LogP contribution is 2.32. The van der Waals surface area contributed by atoms with Gasteiger partial charge in [-0.15, -0.1) is 4.40 Å². The number of nitrogens with one attached hydrogen (secondary N) is 2. The number of carbonyl (C=O) groups is 2. The Morgan fingerprint density at radius 2 is 1.85 bits per heavy atom. The highest BCUT2D eigenvalue weighted by molar-refractivity contribution is 7.92. The third-order valence-corrected chi connectivity index (χ3v) is 8.33. The fourth-order valence-electron chi connectivity index (χ4n) is 4.63. The van der Waals surface area contributed by atoms with Gasteiger partial charge >= 0.3 is 5.97 Å². The van der Waals surface area contributed by atoms with Gasteiger partial charge in [0.25, 0.3) is 10.0 Å². The van der Waals surface area contributed by atoms with E-state index in [-0.39, 0.29) is 35.3 Å². The summed E-state index contributed by atoms with van der Waals surface area (Å²) in [6.07, 6.45) is 4.95. The van der Waals surface area contributed by atoms with E-state index in [9.17, 15) is 30.8 Å². The molecule has 0 radical (unpaired) electrons. The highest BCUT2D eigenvalue weighted by Gasteiger charge is 2.37. The van der Waals surface area contributed by atoms with Gasteiger partial charge in [-0.2, -0.15) is 8.42 Å². The van der Waals surface area contributed by atoms with E-state index in [0.29, 0.717) is 18.4 Å². The second-order valence-electron chi connectivity index (χ2n) is 9.42. The van der Waals surface area contributed by atoms with Crippen LogP contribution in [0.5, 0.6) is 0 Å². The Bertz CT molecular complexity index is 1570. The van der Waals surface area contributed by atoms with Gasteiger partial charge in [0.15, 0.2) is 0 Å². The minimum Gasteiger partial charge on any atom is -0.466 e. The molecule has 2 N–H and O–H groups in total. The molecule has 0 saturated carbocycles. The van der Waals surface area contributed by atoms with Crippen LogP contribution in [0.15, 0.2) is 63.9 Å². The minimum atomic E-state index is -4.27. The Morgan fingerprint density at radius 1 is 1.15 bits per heavy atom. The van der Waals surface area contributed by atoms with Crippen molar-refractivity contribution in [3.8, 4) is 0 Å². The fourth-order valence-corrected chi connectivity index (χ4v) is 6.36. The standard InChI is InChI=1S/C26H29FN4O7S2/c1-3-38-26(33)20-6-4-5-7-22(20)31(16-17-8-10-18(27)11-9-17)25(32)15-24-28-21-13-12-19(29-39(2,34)35)14-23(21)40(36,37)30-24/h4-5,8-14,20,22,29H,3,6-7,15-16H2,1-2H3,(H,28,30). The molecule has 40 heavy (non-hydrogen) atoms. The summed E-state index contributed by atoms with van der Waals surface area (Å²) in [6, 6.07) is 8.92. The molecule has 1 heterocycles. The average Bonchev–Trinajstić information content (AvgIpc) is 2.87. The van der Waals surface area contributed by atoms with Crippen LogP contribution in [0.4, 0.5) is 15.8 Å². The maximum absolute atomic E-state index is 13.7. The zero-order chi connectivity index (χ0) is 29.1. The van der Waals surface area contributed by atoms with E-state index in [4.69, 9.17) is 4.74 Å². The van der Waals surface area contributed by atoms with Gasteiger partial charge < -0.3 is 15.0 Å². The Kier molecular flexibility index (Phi) is 8.59. The first-order valence-corrected chi connectivity index (χ1v) is 15.8. The molecule has 11 nitrogen and oxygen atoms in total. The molecule has 0 bridgehead atoms. The first kappa shape index (κ1) is 29.2. The van der Waals surface area contributed by atoms with Crippen LogP contribution in [-0.4, -0.2) is 58.4 Å². The summed E-state index contributed by atoms with van der Waals surface area (Å²) in [7, 11) is -7.91. The summed E-state index contributed by atoms with van der Waals surface area (Å²) in [4.78, 5) is 27.7. The lowest BCUT2D eigenvalue weighted by atomic mass is 9.87. The molecule has 0 fully saturated rings. The molecule has 0 spiro atoms. The van der Waals surface area contributed by atoms with Crippen molar-refractivity contribution in [2.24, 2.45) is 10.3 Å². The summed E-state index contributed by atoms with van der Waals surface area (Å²) in [6.45, 7) is 1.92. The second kappa shape index (κ2) is 11.8. The van der Waals surface area contributed by atoms with Crippen LogP contribution < -0.4 is 10.0 Å². The number of nitrogens with zero attached hydrogens (tertiary/aromatic N) is 2. The summed E-state index contributed by atoms with van der Waals surface area (Å²) < 4.78 is 73.8. The van der Waals surface area contributed by atoms with Gasteiger partial charge in [-0.05, 0) is 55.7 Å². The molecule has 1 aliphatic carbocycles. The molecule has 2 aromatic carbocycles. The third kappa shape index (κ3) is 7.04. The first-order valence-electron chi connectivity index (χ1n) is 12.4. The predicted octanol–water partition coefficient (Wildman–Crippen LogP) is 3.03. The quantitative estimate of drug-likeness (QED) is 0.333. The van der Waals surface area contributed by atoms with E-state index >= 15 is 0 Å². The van der Waals surface area contributed by atoms with Crippen LogP contribution in [0, 0.1) is 11.7 Å². The Morgan fingerprint density at radius 3 is 2.52 bits per heavy atom. The summed E-state index contributed by atoms with van der Waals surface area (Å²) in [5.41, 5.74) is 0.795. The maximum Gasteiger partial charge on any atom is 0.311 e. The number of esters is 1. The predicted molar refractivity (Wildman–Crippen MR) is 147 cm³/mol. The van der Waals surface area contributed by atoms with E-state index in [0.717, 1.165) is 12.3 Å². The largest absolute Gasteiger partial charge is 0.466 e. The van der Waals surface area contributed by atoms with Crippen molar-refractivity contribution in [3.63, 3.8) is 0 Å². The number of sulfonamides is 2. The molecular weight excluding hydrogens is 563 g/mol. The van der Waals surface area contributed by atoms with Gasteiger partial charge in [0, 0.05) is 18.3 Å². The molecule has 14 heteroatoms. The number of hydrogen-bond donors (Lipinski definition) is 2. The van der Waals surface area contributed by atoms with Crippen molar-refractivity contribution in [2.45, 2.75) is 43.7 Å². The topological polar surface area (TPSA) is 151 Å². The van der Waals surface area contributed by atoms with E-state index in [1.54, 1.807) is 6.92 Å². The summed E-state index contributed by atoms with van der Waals surface area (Å²) in [5, 5.41) is 2.85. The molecule has 214 valence electrons. The van der Waals surface area contributed by atoms with Crippen molar-refractivity contribution in [1.29, 1.82) is 0 Å². The summed E-state index contributed by atoms with van der Waals surface area (Å²) in [5.74, 6) is -2.16. The van der Waals surface area contributed by atoms with Gasteiger partial charge in [0.2, 0.25) is 15.9 Å². The Labute approximate surface area is 232 Å². The summed E-state index contributed by atoms with van der Waals surface area (Å²) >= 11 is 0. The first-order chi connectivity index (χ1) is 18.9. The Hall–Kier alpha value is -3.78. The zero-order valence-electron chi connectivity index (χ0n) is 21.8. The van der Waals surface area contributed by atoms with E-state index in [1.165, 1.54) is 41.3 Å². The normalized spacial score (nSPS) is 19.5. The number of ether oxygens (including phenoxy) is 1. The van der Waals surface area contributed by atoms with Crippen LogP contribution in [0.2, 0.25) is 0 Å². The monoisotopic (exact) mass is 592 g/mol. The molecule has 2 aliphatic rings. The average molecular weight is 593 g/mol. The van der Waals surface area contributed by atoms with Crippen LogP contribution in [0.3, 0.4) is 0 Å². The van der Waals surface area contributed by atoms with Gasteiger partial charge in [-0.1, -0.05) is 24.3 Å². The molecule has 1 aliphatic heterocycles.